The highest BCUT2D eigenvalue weighted by Gasteiger charge is 2.27. The van der Waals surface area contributed by atoms with E-state index in [-0.39, 0.29) is 23.6 Å². The molecule has 2 aromatic heterocycles. The predicted octanol–water partition coefficient (Wildman–Crippen LogP) is -0.0372. The molecule has 7 heteroatoms. The number of amides is 1. The van der Waals surface area contributed by atoms with Gasteiger partial charge in [-0.25, -0.2) is 4.98 Å². The van der Waals surface area contributed by atoms with E-state index in [1.54, 1.807) is 11.6 Å². The van der Waals surface area contributed by atoms with Crippen LogP contribution in [0.5, 0.6) is 0 Å². The summed E-state index contributed by atoms with van der Waals surface area (Å²) in [5.74, 6) is -0.357. The van der Waals surface area contributed by atoms with E-state index in [1.807, 2.05) is 0 Å². The Bertz CT molecular complexity index is 663. The van der Waals surface area contributed by atoms with Gasteiger partial charge in [0.15, 0.2) is 4.96 Å². The maximum absolute atomic E-state index is 12.1. The van der Waals surface area contributed by atoms with Crippen LogP contribution < -0.4 is 5.56 Å². The number of aliphatic hydroxyl groups is 1. The first-order chi connectivity index (χ1) is 8.66. The lowest BCUT2D eigenvalue weighted by molar-refractivity contribution is 0.0762. The van der Waals surface area contributed by atoms with Gasteiger partial charge in [0, 0.05) is 30.9 Å². The van der Waals surface area contributed by atoms with Crippen LogP contribution in [0.3, 0.4) is 0 Å². The van der Waals surface area contributed by atoms with Crippen molar-refractivity contribution in [1.82, 2.24) is 14.3 Å². The molecule has 1 aliphatic rings. The van der Waals surface area contributed by atoms with Crippen LogP contribution in [0.1, 0.15) is 16.8 Å². The fourth-order valence-corrected chi connectivity index (χ4v) is 2.74. The third-order valence-electron chi connectivity index (χ3n) is 3.02. The molecule has 0 radical (unpaired) electrons. The van der Waals surface area contributed by atoms with Gasteiger partial charge in [-0.3, -0.25) is 14.0 Å². The quantitative estimate of drug-likeness (QED) is 0.785. The summed E-state index contributed by atoms with van der Waals surface area (Å²) in [6.45, 7) is 0.760. The Morgan fingerprint density at radius 1 is 1.56 bits per heavy atom. The molecule has 1 aliphatic heterocycles. The molecular weight excluding hydrogens is 254 g/mol. The average molecular weight is 265 g/mol. The normalized spacial score (nSPS) is 19.6. The SMILES string of the molecule is O=C(c1cnc2sccn2c1=O)N1CC[C@H](O)C1. The number of carbonyl (C=O) groups is 1. The van der Waals surface area contributed by atoms with Gasteiger partial charge in [-0.1, -0.05) is 0 Å². The molecule has 94 valence electrons. The lowest BCUT2D eigenvalue weighted by Gasteiger charge is -2.14. The van der Waals surface area contributed by atoms with E-state index in [1.165, 1.54) is 26.8 Å². The number of aliphatic hydroxyl groups excluding tert-OH is 1. The third kappa shape index (κ3) is 1.72. The van der Waals surface area contributed by atoms with Crippen LogP contribution >= 0.6 is 11.3 Å². The van der Waals surface area contributed by atoms with E-state index >= 15 is 0 Å². The Balaban J connectivity index is 2.01. The number of carbonyl (C=O) groups excluding carboxylic acids is 1. The fourth-order valence-electron chi connectivity index (χ4n) is 2.07. The third-order valence-corrected chi connectivity index (χ3v) is 3.79. The summed E-state index contributed by atoms with van der Waals surface area (Å²) in [6.07, 6.45) is 2.99. The molecule has 2 aromatic rings. The van der Waals surface area contributed by atoms with E-state index in [0.29, 0.717) is 17.9 Å². The highest BCUT2D eigenvalue weighted by molar-refractivity contribution is 7.15. The van der Waals surface area contributed by atoms with Crippen LogP contribution in [0.25, 0.3) is 4.96 Å². The van der Waals surface area contributed by atoms with Crippen molar-refractivity contribution in [2.24, 2.45) is 0 Å². The molecule has 1 amide bonds. The first-order valence-electron chi connectivity index (χ1n) is 5.59. The molecule has 1 N–H and O–H groups in total. The number of aromatic nitrogens is 2. The van der Waals surface area contributed by atoms with Gasteiger partial charge in [0.05, 0.1) is 6.10 Å². The fraction of sp³-hybridized carbons (Fsp3) is 0.364. The number of β-amino-alcohol motifs (C(OH)–C–C–N with tert-alkyl or cyclic N) is 1. The Labute approximate surface area is 106 Å². The van der Waals surface area contributed by atoms with Crippen LogP contribution in [0.2, 0.25) is 0 Å². The molecule has 0 unspecified atom stereocenters. The zero-order valence-electron chi connectivity index (χ0n) is 9.44. The number of fused-ring (bicyclic) bond motifs is 1. The minimum absolute atomic E-state index is 0.0556. The maximum Gasteiger partial charge on any atom is 0.271 e. The lowest BCUT2D eigenvalue weighted by Crippen LogP contribution is -2.34. The second-order valence-electron chi connectivity index (χ2n) is 4.23. The van der Waals surface area contributed by atoms with Gasteiger partial charge in [-0.2, -0.15) is 0 Å². The predicted molar refractivity (Wildman–Crippen MR) is 65.9 cm³/mol. The number of nitrogens with zero attached hydrogens (tertiary/aromatic N) is 3. The molecule has 1 saturated heterocycles. The van der Waals surface area contributed by atoms with E-state index in [9.17, 15) is 14.7 Å². The van der Waals surface area contributed by atoms with Gasteiger partial charge in [0.1, 0.15) is 5.56 Å². The van der Waals surface area contributed by atoms with Crippen LogP contribution in [-0.4, -0.2) is 44.5 Å². The topological polar surface area (TPSA) is 74.9 Å². The molecule has 1 fully saturated rings. The standard InChI is InChI=1S/C11H11N3O3S/c15-7-1-2-13(6-7)9(16)8-5-12-11-14(10(8)17)3-4-18-11/h3-5,7,15H,1-2,6H2/t7-/m0/s1. The van der Waals surface area contributed by atoms with Gasteiger partial charge in [0.2, 0.25) is 0 Å². The van der Waals surface area contributed by atoms with E-state index in [4.69, 9.17) is 0 Å². The monoisotopic (exact) mass is 265 g/mol. The minimum Gasteiger partial charge on any atom is -0.391 e. The van der Waals surface area contributed by atoms with Crippen molar-refractivity contribution >= 4 is 22.2 Å². The van der Waals surface area contributed by atoms with Crippen LogP contribution in [0.15, 0.2) is 22.6 Å². The molecule has 6 nitrogen and oxygen atoms in total. The number of rotatable bonds is 1. The van der Waals surface area contributed by atoms with Crippen molar-refractivity contribution in [3.8, 4) is 0 Å². The molecule has 0 bridgehead atoms. The number of hydrogen-bond donors (Lipinski definition) is 1. The summed E-state index contributed by atoms with van der Waals surface area (Å²) in [5, 5.41) is 11.2. The van der Waals surface area contributed by atoms with Crippen molar-refractivity contribution in [2.45, 2.75) is 12.5 Å². The van der Waals surface area contributed by atoms with Gasteiger partial charge in [0.25, 0.3) is 11.5 Å². The maximum atomic E-state index is 12.1. The first kappa shape index (κ1) is 11.4. The summed E-state index contributed by atoms with van der Waals surface area (Å²) in [6, 6.07) is 0. The highest BCUT2D eigenvalue weighted by Crippen LogP contribution is 2.12. The molecule has 0 saturated carbocycles. The van der Waals surface area contributed by atoms with Crippen molar-refractivity contribution in [2.75, 3.05) is 13.1 Å². The summed E-state index contributed by atoms with van der Waals surface area (Å²) in [5.41, 5.74) is -0.298. The molecule has 1 atom stereocenters. The summed E-state index contributed by atoms with van der Waals surface area (Å²) >= 11 is 1.34. The molecule has 3 rings (SSSR count). The number of likely N-dealkylation sites (tertiary alicyclic amines) is 1. The van der Waals surface area contributed by atoms with Gasteiger partial charge in [-0.05, 0) is 6.42 Å². The Kier molecular flexibility index (Phi) is 2.64. The summed E-state index contributed by atoms with van der Waals surface area (Å²) in [7, 11) is 0. The van der Waals surface area contributed by atoms with E-state index < -0.39 is 6.10 Å². The van der Waals surface area contributed by atoms with Gasteiger partial charge < -0.3 is 10.0 Å². The van der Waals surface area contributed by atoms with E-state index in [0.717, 1.165) is 0 Å². The van der Waals surface area contributed by atoms with Crippen LogP contribution in [-0.2, 0) is 0 Å². The number of hydrogen-bond acceptors (Lipinski definition) is 5. The van der Waals surface area contributed by atoms with Crippen molar-refractivity contribution in [3.05, 3.63) is 33.7 Å². The molecular formula is C11H11N3O3S. The van der Waals surface area contributed by atoms with Crippen LogP contribution in [0, 0.1) is 0 Å². The molecule has 18 heavy (non-hydrogen) atoms. The first-order valence-corrected chi connectivity index (χ1v) is 6.47. The van der Waals surface area contributed by atoms with Gasteiger partial charge >= 0.3 is 0 Å². The molecule has 3 heterocycles. The number of thiazole rings is 1. The molecule has 0 spiro atoms. The smallest absolute Gasteiger partial charge is 0.271 e. The second kappa shape index (κ2) is 4.18. The Hall–Kier alpha value is -1.73. The van der Waals surface area contributed by atoms with E-state index in [2.05, 4.69) is 4.98 Å². The zero-order valence-corrected chi connectivity index (χ0v) is 10.3. The summed E-state index contributed by atoms with van der Waals surface area (Å²) in [4.78, 5) is 30.4. The second-order valence-corrected chi connectivity index (χ2v) is 5.10. The minimum atomic E-state index is -0.491. The van der Waals surface area contributed by atoms with Crippen molar-refractivity contribution < 1.29 is 9.90 Å². The average Bonchev–Trinajstić information content (AvgIpc) is 2.97. The Morgan fingerprint density at radius 3 is 3.11 bits per heavy atom. The van der Waals surface area contributed by atoms with Gasteiger partial charge in [-0.15, -0.1) is 11.3 Å². The molecule has 0 aliphatic carbocycles. The van der Waals surface area contributed by atoms with Crippen LogP contribution in [0.4, 0.5) is 0 Å². The Morgan fingerprint density at radius 2 is 2.39 bits per heavy atom. The largest absolute Gasteiger partial charge is 0.391 e. The lowest BCUT2D eigenvalue weighted by atomic mass is 10.3. The van der Waals surface area contributed by atoms with Crippen molar-refractivity contribution in [3.63, 3.8) is 0 Å². The zero-order chi connectivity index (χ0) is 12.7. The highest BCUT2D eigenvalue weighted by atomic mass is 32.1. The summed E-state index contributed by atoms with van der Waals surface area (Å²) < 4.78 is 1.37. The molecule has 0 aromatic carbocycles. The van der Waals surface area contributed by atoms with Crippen molar-refractivity contribution in [1.29, 1.82) is 0 Å².